The van der Waals surface area contributed by atoms with Crippen molar-refractivity contribution in [2.75, 3.05) is 6.54 Å². The fourth-order valence-electron chi connectivity index (χ4n) is 2.28. The van der Waals surface area contributed by atoms with Crippen LogP contribution in [0.4, 0.5) is 0 Å². The van der Waals surface area contributed by atoms with Crippen molar-refractivity contribution in [2.24, 2.45) is 5.92 Å². The van der Waals surface area contributed by atoms with Gasteiger partial charge in [-0.2, -0.15) is 5.26 Å². The second-order valence-electron chi connectivity index (χ2n) is 4.90. The monoisotopic (exact) mass is 234 g/mol. The van der Waals surface area contributed by atoms with Crippen molar-refractivity contribution in [2.45, 2.75) is 38.6 Å². The van der Waals surface area contributed by atoms with Crippen LogP contribution in [0, 0.1) is 17.2 Å². The smallest absolute Gasteiger partial charge is 0.133 e. The van der Waals surface area contributed by atoms with E-state index in [0.717, 1.165) is 25.8 Å². The van der Waals surface area contributed by atoms with E-state index < -0.39 is 5.54 Å². The van der Waals surface area contributed by atoms with Crippen LogP contribution >= 0.6 is 11.3 Å². The maximum atomic E-state index is 9.51. The van der Waals surface area contributed by atoms with Crippen molar-refractivity contribution in [3.8, 4) is 6.07 Å². The van der Waals surface area contributed by atoms with Gasteiger partial charge in [0.25, 0.3) is 0 Å². The summed E-state index contributed by atoms with van der Waals surface area (Å²) in [6.07, 6.45) is 3.20. The van der Waals surface area contributed by atoms with Crippen LogP contribution in [0.1, 0.15) is 37.1 Å². The molecule has 1 aromatic rings. The number of nitrogens with one attached hydrogen (secondary N) is 1. The minimum absolute atomic E-state index is 0.419. The van der Waals surface area contributed by atoms with E-state index in [9.17, 15) is 5.26 Å². The Morgan fingerprint density at radius 2 is 2.44 bits per heavy atom. The van der Waals surface area contributed by atoms with E-state index in [0.29, 0.717) is 5.92 Å². The lowest BCUT2D eigenvalue weighted by Crippen LogP contribution is -2.44. The molecule has 1 heterocycles. The Morgan fingerprint density at radius 1 is 1.62 bits per heavy atom. The summed E-state index contributed by atoms with van der Waals surface area (Å²) in [6, 6.07) is 4.63. The van der Waals surface area contributed by atoms with E-state index in [1.54, 1.807) is 11.3 Å². The van der Waals surface area contributed by atoms with Gasteiger partial charge >= 0.3 is 0 Å². The van der Waals surface area contributed by atoms with Crippen LogP contribution in [0.15, 0.2) is 11.4 Å². The molecule has 1 atom stereocenters. The molecule has 16 heavy (non-hydrogen) atoms. The molecule has 2 rings (SSSR count). The number of nitrogens with zero attached hydrogens (tertiary/aromatic N) is 1. The van der Waals surface area contributed by atoms with Crippen molar-refractivity contribution >= 4 is 11.3 Å². The normalized spacial score (nSPS) is 24.1. The molecule has 2 nitrogen and oxygen atoms in total. The van der Waals surface area contributed by atoms with Crippen LogP contribution in [0.5, 0.6) is 0 Å². The maximum absolute atomic E-state index is 9.51. The third-order valence-electron chi connectivity index (χ3n) is 3.16. The zero-order valence-corrected chi connectivity index (χ0v) is 10.7. The zero-order valence-electron chi connectivity index (χ0n) is 9.92. The second-order valence-corrected chi connectivity index (χ2v) is 5.90. The molecule has 1 aliphatic carbocycles. The predicted molar refractivity (Wildman–Crippen MR) is 67.4 cm³/mol. The third-order valence-corrected chi connectivity index (χ3v) is 4.14. The average molecular weight is 234 g/mol. The lowest BCUT2D eigenvalue weighted by molar-refractivity contribution is 0.349. The first kappa shape index (κ1) is 11.6. The lowest BCUT2D eigenvalue weighted by Gasteiger charge is -2.33. The van der Waals surface area contributed by atoms with Gasteiger partial charge in [-0.25, -0.2) is 0 Å². The molecule has 0 aliphatic heterocycles. The molecule has 1 aliphatic rings. The minimum Gasteiger partial charge on any atom is -0.295 e. The summed E-state index contributed by atoms with van der Waals surface area (Å²) in [4.78, 5) is 1.39. The SMILES string of the molecule is CC(C)CNC1(C#N)CCCc2sccc21. The van der Waals surface area contributed by atoms with E-state index in [2.05, 4.69) is 36.7 Å². The third kappa shape index (κ3) is 2.00. The fourth-order valence-corrected chi connectivity index (χ4v) is 3.28. The highest BCUT2D eigenvalue weighted by atomic mass is 32.1. The van der Waals surface area contributed by atoms with Crippen LogP contribution in [0.25, 0.3) is 0 Å². The molecule has 0 amide bonds. The molecule has 0 bridgehead atoms. The molecule has 0 fully saturated rings. The molecule has 86 valence electrons. The van der Waals surface area contributed by atoms with Gasteiger partial charge < -0.3 is 0 Å². The number of thiophene rings is 1. The molecule has 1 aromatic heterocycles. The van der Waals surface area contributed by atoms with E-state index in [1.165, 1.54) is 10.4 Å². The van der Waals surface area contributed by atoms with Crippen LogP contribution < -0.4 is 5.32 Å². The van der Waals surface area contributed by atoms with Gasteiger partial charge in [0.2, 0.25) is 0 Å². The van der Waals surface area contributed by atoms with Crippen LogP contribution in [0.3, 0.4) is 0 Å². The zero-order chi connectivity index (χ0) is 11.6. The Bertz CT molecular complexity index is 402. The highest BCUT2D eigenvalue weighted by molar-refractivity contribution is 7.10. The number of nitriles is 1. The van der Waals surface area contributed by atoms with Crippen LogP contribution in [-0.2, 0) is 12.0 Å². The molecule has 3 heteroatoms. The van der Waals surface area contributed by atoms with Crippen molar-refractivity contribution in [3.05, 3.63) is 21.9 Å². The van der Waals surface area contributed by atoms with Gasteiger partial charge in [-0.3, -0.25) is 5.32 Å². The Balaban J connectivity index is 2.27. The second kappa shape index (κ2) is 4.57. The molecule has 1 N–H and O–H groups in total. The first-order valence-corrected chi connectivity index (χ1v) is 6.79. The van der Waals surface area contributed by atoms with E-state index >= 15 is 0 Å². The number of hydrogen-bond acceptors (Lipinski definition) is 3. The summed E-state index contributed by atoms with van der Waals surface area (Å²) in [5.41, 5.74) is 0.810. The van der Waals surface area contributed by atoms with E-state index in [4.69, 9.17) is 0 Å². The molecular weight excluding hydrogens is 216 g/mol. The molecule has 1 unspecified atom stereocenters. The molecule has 0 spiro atoms. The topological polar surface area (TPSA) is 35.8 Å². The van der Waals surface area contributed by atoms with Crippen LogP contribution in [-0.4, -0.2) is 6.54 Å². The quantitative estimate of drug-likeness (QED) is 0.872. The highest BCUT2D eigenvalue weighted by Crippen LogP contribution is 2.37. The number of rotatable bonds is 3. The van der Waals surface area contributed by atoms with Gasteiger partial charge in [0.15, 0.2) is 0 Å². The van der Waals surface area contributed by atoms with Gasteiger partial charge in [-0.15, -0.1) is 11.3 Å². The number of hydrogen-bond donors (Lipinski definition) is 1. The standard InChI is InChI=1S/C13H18N2S/c1-10(2)8-15-13(9-14)6-3-4-12-11(13)5-7-16-12/h5,7,10,15H,3-4,6,8H2,1-2H3. The number of aryl methyl sites for hydroxylation is 1. The van der Waals surface area contributed by atoms with E-state index in [-0.39, 0.29) is 0 Å². The van der Waals surface area contributed by atoms with Crippen LogP contribution in [0.2, 0.25) is 0 Å². The Morgan fingerprint density at radius 3 is 3.12 bits per heavy atom. The summed E-state index contributed by atoms with van der Waals surface area (Å²) in [7, 11) is 0. The molecule has 0 radical (unpaired) electrons. The summed E-state index contributed by atoms with van der Waals surface area (Å²) in [6.45, 7) is 5.26. The predicted octanol–water partition coefficient (Wildman–Crippen LogP) is 3.05. The van der Waals surface area contributed by atoms with Crippen molar-refractivity contribution in [3.63, 3.8) is 0 Å². The van der Waals surface area contributed by atoms with Crippen molar-refractivity contribution in [1.29, 1.82) is 5.26 Å². The average Bonchev–Trinajstić information content (AvgIpc) is 2.75. The minimum atomic E-state index is -0.419. The summed E-state index contributed by atoms with van der Waals surface area (Å²) in [5, 5.41) is 15.1. The van der Waals surface area contributed by atoms with Crippen molar-refractivity contribution < 1.29 is 0 Å². The number of fused-ring (bicyclic) bond motifs is 1. The Kier molecular flexibility index (Phi) is 3.32. The lowest BCUT2D eigenvalue weighted by atomic mass is 9.81. The highest BCUT2D eigenvalue weighted by Gasteiger charge is 2.37. The molecule has 0 aromatic carbocycles. The Hall–Kier alpha value is -0.850. The van der Waals surface area contributed by atoms with E-state index in [1.807, 2.05) is 0 Å². The first-order valence-electron chi connectivity index (χ1n) is 5.91. The van der Waals surface area contributed by atoms with Gasteiger partial charge in [-0.05, 0) is 43.2 Å². The molecule has 0 saturated carbocycles. The molecule has 0 saturated heterocycles. The summed E-state index contributed by atoms with van der Waals surface area (Å²) in [5.74, 6) is 0.578. The maximum Gasteiger partial charge on any atom is 0.133 e. The fraction of sp³-hybridized carbons (Fsp3) is 0.615. The van der Waals surface area contributed by atoms with Gasteiger partial charge in [-0.1, -0.05) is 13.8 Å². The van der Waals surface area contributed by atoms with Gasteiger partial charge in [0.05, 0.1) is 6.07 Å². The largest absolute Gasteiger partial charge is 0.295 e. The van der Waals surface area contributed by atoms with Gasteiger partial charge in [0, 0.05) is 10.4 Å². The Labute approximate surface area is 101 Å². The summed E-state index contributed by atoms with van der Waals surface area (Å²) < 4.78 is 0. The first-order chi connectivity index (χ1) is 7.68. The van der Waals surface area contributed by atoms with Gasteiger partial charge in [0.1, 0.15) is 5.54 Å². The van der Waals surface area contributed by atoms with Crippen molar-refractivity contribution in [1.82, 2.24) is 5.32 Å². The molecular formula is C13H18N2S. The summed E-state index contributed by atoms with van der Waals surface area (Å²) >= 11 is 1.79.